The Kier molecular flexibility index (Phi) is 2.26. The highest BCUT2D eigenvalue weighted by molar-refractivity contribution is 5.93. The molecule has 1 aromatic rings. The Labute approximate surface area is 95.3 Å². The van der Waals surface area contributed by atoms with Gasteiger partial charge in [0.2, 0.25) is 0 Å². The van der Waals surface area contributed by atoms with Gasteiger partial charge in [-0.1, -0.05) is 24.3 Å². The summed E-state index contributed by atoms with van der Waals surface area (Å²) in [5, 5.41) is 0. The summed E-state index contributed by atoms with van der Waals surface area (Å²) in [7, 11) is 0. The normalized spacial score (nSPS) is 18.8. The maximum Gasteiger partial charge on any atom is 0.420 e. The first-order valence-corrected chi connectivity index (χ1v) is 5.21. The van der Waals surface area contributed by atoms with E-state index < -0.39 is 5.54 Å². The molecule has 0 spiro atoms. The third kappa shape index (κ3) is 1.48. The number of anilines is 1. The number of hydrogen-bond acceptors (Lipinski definition) is 2. The Morgan fingerprint density at radius 2 is 1.81 bits per heavy atom. The molecule has 1 saturated heterocycles. The molecule has 0 aliphatic carbocycles. The minimum Gasteiger partial charge on any atom is -0.413 e. The lowest BCUT2D eigenvalue weighted by Gasteiger charge is -2.28. The summed E-state index contributed by atoms with van der Waals surface area (Å²) in [6.45, 7) is 9.61. The van der Waals surface area contributed by atoms with E-state index in [1.54, 1.807) is 4.90 Å². The molecule has 0 radical (unpaired) electrons. The molecule has 0 saturated carbocycles. The molecule has 3 nitrogen and oxygen atoms in total. The lowest BCUT2D eigenvalue weighted by molar-refractivity contribution is 0.198. The van der Waals surface area contributed by atoms with Gasteiger partial charge in [0.1, 0.15) is 11.3 Å². The molecule has 0 unspecified atom stereocenters. The average molecular weight is 217 g/mol. The molecular formula is C13H15NO2. The topological polar surface area (TPSA) is 29.5 Å². The van der Waals surface area contributed by atoms with Crippen LogP contribution in [-0.2, 0) is 4.74 Å². The standard InChI is InChI=1S/C13H15NO2/c1-9-5-7-11(8-6-9)14-12(15)16-10(2)13(14,3)4/h5-8H,2H2,1,3-4H3. The number of rotatable bonds is 1. The van der Waals surface area contributed by atoms with E-state index in [-0.39, 0.29) is 6.09 Å². The maximum absolute atomic E-state index is 11.7. The van der Waals surface area contributed by atoms with Gasteiger partial charge in [0.15, 0.2) is 0 Å². The zero-order valence-corrected chi connectivity index (χ0v) is 9.78. The van der Waals surface area contributed by atoms with Gasteiger partial charge in [0.05, 0.1) is 0 Å². The second kappa shape index (κ2) is 3.37. The fourth-order valence-corrected chi connectivity index (χ4v) is 1.75. The van der Waals surface area contributed by atoms with Gasteiger partial charge in [-0.05, 0) is 32.9 Å². The number of benzene rings is 1. The van der Waals surface area contributed by atoms with Crippen molar-refractivity contribution in [3.8, 4) is 0 Å². The van der Waals surface area contributed by atoms with E-state index in [9.17, 15) is 4.79 Å². The van der Waals surface area contributed by atoms with Crippen molar-refractivity contribution in [2.75, 3.05) is 4.90 Å². The molecule has 0 aromatic heterocycles. The van der Waals surface area contributed by atoms with Crippen LogP contribution < -0.4 is 4.90 Å². The van der Waals surface area contributed by atoms with Crippen LogP contribution in [0.1, 0.15) is 19.4 Å². The van der Waals surface area contributed by atoms with Crippen LogP contribution in [0.4, 0.5) is 10.5 Å². The highest BCUT2D eigenvalue weighted by Gasteiger charge is 2.44. The van der Waals surface area contributed by atoms with Gasteiger partial charge in [-0.25, -0.2) is 4.79 Å². The van der Waals surface area contributed by atoms with Crippen molar-refractivity contribution >= 4 is 11.8 Å². The van der Waals surface area contributed by atoms with Crippen molar-refractivity contribution < 1.29 is 9.53 Å². The fraction of sp³-hybridized carbons (Fsp3) is 0.308. The molecule has 1 aliphatic rings. The quantitative estimate of drug-likeness (QED) is 0.722. The van der Waals surface area contributed by atoms with Crippen LogP contribution in [0.2, 0.25) is 0 Å². The molecule has 1 aromatic carbocycles. The van der Waals surface area contributed by atoms with Gasteiger partial charge in [0.25, 0.3) is 0 Å². The summed E-state index contributed by atoms with van der Waals surface area (Å²) >= 11 is 0. The number of cyclic esters (lactones) is 1. The molecule has 1 heterocycles. The van der Waals surface area contributed by atoms with E-state index in [0.29, 0.717) is 5.76 Å². The number of ether oxygens (including phenoxy) is 1. The van der Waals surface area contributed by atoms with Gasteiger partial charge < -0.3 is 4.74 Å². The number of hydrogen-bond donors (Lipinski definition) is 0. The Bertz CT molecular complexity index is 446. The molecule has 0 bridgehead atoms. The number of carbonyl (C=O) groups is 1. The van der Waals surface area contributed by atoms with E-state index in [1.165, 1.54) is 0 Å². The van der Waals surface area contributed by atoms with Gasteiger partial charge >= 0.3 is 6.09 Å². The lowest BCUT2D eigenvalue weighted by atomic mass is 10.0. The first-order valence-electron chi connectivity index (χ1n) is 5.21. The Hall–Kier alpha value is -1.77. The second-order valence-corrected chi connectivity index (χ2v) is 4.52. The monoisotopic (exact) mass is 217 g/mol. The summed E-state index contributed by atoms with van der Waals surface area (Å²) in [5.41, 5.74) is 1.50. The summed E-state index contributed by atoms with van der Waals surface area (Å²) in [4.78, 5) is 13.3. The number of carbonyl (C=O) groups excluding carboxylic acids is 1. The maximum atomic E-state index is 11.7. The number of amides is 1. The van der Waals surface area contributed by atoms with Gasteiger partial charge in [0, 0.05) is 5.69 Å². The van der Waals surface area contributed by atoms with Crippen LogP contribution >= 0.6 is 0 Å². The van der Waals surface area contributed by atoms with Crippen molar-refractivity contribution in [2.45, 2.75) is 26.3 Å². The van der Waals surface area contributed by atoms with E-state index in [1.807, 2.05) is 45.0 Å². The molecule has 1 fully saturated rings. The van der Waals surface area contributed by atoms with Crippen molar-refractivity contribution in [1.82, 2.24) is 0 Å². The van der Waals surface area contributed by atoms with Crippen molar-refractivity contribution in [2.24, 2.45) is 0 Å². The Balaban J connectivity index is 2.44. The second-order valence-electron chi connectivity index (χ2n) is 4.52. The molecule has 1 aliphatic heterocycles. The van der Waals surface area contributed by atoms with Crippen LogP contribution in [0.25, 0.3) is 0 Å². The molecule has 0 atom stereocenters. The van der Waals surface area contributed by atoms with Crippen LogP contribution in [0.5, 0.6) is 0 Å². The van der Waals surface area contributed by atoms with Crippen molar-refractivity contribution in [1.29, 1.82) is 0 Å². The van der Waals surface area contributed by atoms with Gasteiger partial charge in [-0.15, -0.1) is 0 Å². The van der Waals surface area contributed by atoms with E-state index in [2.05, 4.69) is 6.58 Å². The zero-order chi connectivity index (χ0) is 11.9. The van der Waals surface area contributed by atoms with E-state index in [4.69, 9.17) is 4.74 Å². The minimum atomic E-state index is -0.494. The molecule has 0 N–H and O–H groups in total. The predicted octanol–water partition coefficient (Wildman–Crippen LogP) is 3.24. The number of aryl methyl sites for hydroxylation is 1. The largest absolute Gasteiger partial charge is 0.420 e. The van der Waals surface area contributed by atoms with Crippen LogP contribution in [0, 0.1) is 6.92 Å². The fourth-order valence-electron chi connectivity index (χ4n) is 1.75. The van der Waals surface area contributed by atoms with Crippen LogP contribution in [-0.4, -0.2) is 11.6 Å². The molecule has 16 heavy (non-hydrogen) atoms. The van der Waals surface area contributed by atoms with Gasteiger partial charge in [-0.2, -0.15) is 0 Å². The van der Waals surface area contributed by atoms with Gasteiger partial charge in [-0.3, -0.25) is 4.90 Å². The van der Waals surface area contributed by atoms with Crippen LogP contribution in [0.15, 0.2) is 36.6 Å². The highest BCUT2D eigenvalue weighted by Crippen LogP contribution is 2.36. The molecule has 1 amide bonds. The Morgan fingerprint density at radius 1 is 1.25 bits per heavy atom. The van der Waals surface area contributed by atoms with Crippen molar-refractivity contribution in [3.05, 3.63) is 42.2 Å². The molecule has 3 heteroatoms. The SMILES string of the molecule is C=C1OC(=O)N(c2ccc(C)cc2)C1(C)C. The summed E-state index contributed by atoms with van der Waals surface area (Å²) in [6, 6.07) is 7.77. The van der Waals surface area contributed by atoms with Crippen molar-refractivity contribution in [3.63, 3.8) is 0 Å². The Morgan fingerprint density at radius 3 is 2.25 bits per heavy atom. The average Bonchev–Trinajstić information content (AvgIpc) is 2.39. The number of nitrogens with zero attached hydrogens (tertiary/aromatic N) is 1. The third-order valence-corrected chi connectivity index (χ3v) is 2.93. The smallest absolute Gasteiger partial charge is 0.413 e. The molecule has 84 valence electrons. The summed E-state index contributed by atoms with van der Waals surface area (Å²) < 4.78 is 5.07. The molecular weight excluding hydrogens is 202 g/mol. The van der Waals surface area contributed by atoms with E-state index in [0.717, 1.165) is 11.3 Å². The van der Waals surface area contributed by atoms with E-state index >= 15 is 0 Å². The zero-order valence-electron chi connectivity index (χ0n) is 9.78. The highest BCUT2D eigenvalue weighted by atomic mass is 16.6. The first kappa shape index (κ1) is 10.7. The minimum absolute atomic E-state index is 0.362. The predicted molar refractivity (Wildman–Crippen MR) is 63.4 cm³/mol. The third-order valence-electron chi connectivity index (χ3n) is 2.93. The summed E-state index contributed by atoms with van der Waals surface area (Å²) in [6.07, 6.45) is -0.362. The first-order chi connectivity index (χ1) is 7.43. The van der Waals surface area contributed by atoms with Crippen LogP contribution in [0.3, 0.4) is 0 Å². The summed E-state index contributed by atoms with van der Waals surface area (Å²) in [5.74, 6) is 0.484. The lowest BCUT2D eigenvalue weighted by Crippen LogP contribution is -2.41. The molecule has 2 rings (SSSR count).